The monoisotopic (exact) mass is 494 g/mol. The molecular formula is C22H25ClF2N6OS. The van der Waals surface area contributed by atoms with Crippen LogP contribution in [-0.2, 0) is 29.2 Å². The van der Waals surface area contributed by atoms with Gasteiger partial charge >= 0.3 is 0 Å². The van der Waals surface area contributed by atoms with E-state index >= 15 is 0 Å². The first-order valence-electron chi connectivity index (χ1n) is 11.0. The zero-order valence-corrected chi connectivity index (χ0v) is 20.0. The van der Waals surface area contributed by atoms with Crippen molar-refractivity contribution in [2.45, 2.75) is 69.7 Å². The summed E-state index contributed by atoms with van der Waals surface area (Å²) in [5.74, 6) is -2.27. The number of hydrogen-bond donors (Lipinski definition) is 1. The molecule has 2 aliphatic rings. The summed E-state index contributed by atoms with van der Waals surface area (Å²) in [7, 11) is 0. The van der Waals surface area contributed by atoms with Crippen molar-refractivity contribution in [3.63, 3.8) is 0 Å². The third-order valence-corrected chi connectivity index (χ3v) is 7.75. The molecule has 1 fully saturated rings. The van der Waals surface area contributed by atoms with E-state index in [1.165, 1.54) is 17.4 Å². The lowest BCUT2D eigenvalue weighted by molar-refractivity contribution is -0.183. The molecule has 0 aromatic carbocycles. The van der Waals surface area contributed by atoms with Crippen molar-refractivity contribution in [2.75, 3.05) is 6.61 Å². The Labute approximate surface area is 199 Å². The number of aryl methyl sites for hydroxylation is 3. The van der Waals surface area contributed by atoms with Gasteiger partial charge in [-0.1, -0.05) is 16.8 Å². The molecule has 1 saturated heterocycles. The van der Waals surface area contributed by atoms with Gasteiger partial charge in [0.05, 0.1) is 22.3 Å². The normalized spacial score (nSPS) is 26.5. The van der Waals surface area contributed by atoms with Crippen LogP contribution in [0, 0.1) is 6.92 Å². The molecule has 0 bridgehead atoms. The molecule has 11 heteroatoms. The minimum absolute atomic E-state index is 0.000314. The van der Waals surface area contributed by atoms with Gasteiger partial charge in [0.25, 0.3) is 5.92 Å². The Morgan fingerprint density at radius 1 is 1.30 bits per heavy atom. The van der Waals surface area contributed by atoms with Gasteiger partial charge in [0.15, 0.2) is 0 Å². The summed E-state index contributed by atoms with van der Waals surface area (Å²) in [6.45, 7) is 3.97. The van der Waals surface area contributed by atoms with E-state index in [4.69, 9.17) is 16.3 Å². The number of rotatable bonds is 5. The average Bonchev–Trinajstić information content (AvgIpc) is 3.41. The number of ether oxygens (including phenoxy) is 1. The fraction of sp³-hybridized carbons (Fsp3) is 0.545. The second-order valence-electron chi connectivity index (χ2n) is 8.96. The Morgan fingerprint density at radius 3 is 2.88 bits per heavy atom. The molecule has 3 aromatic rings. The van der Waals surface area contributed by atoms with E-state index in [2.05, 4.69) is 25.6 Å². The van der Waals surface area contributed by atoms with Gasteiger partial charge in [0.1, 0.15) is 18.0 Å². The summed E-state index contributed by atoms with van der Waals surface area (Å²) in [4.78, 5) is 8.99. The Kier molecular flexibility index (Phi) is 5.97. The second kappa shape index (κ2) is 8.65. The van der Waals surface area contributed by atoms with Crippen LogP contribution >= 0.6 is 22.9 Å². The van der Waals surface area contributed by atoms with Crippen molar-refractivity contribution in [1.82, 2.24) is 30.3 Å². The van der Waals surface area contributed by atoms with Crippen molar-refractivity contribution >= 4 is 22.9 Å². The molecule has 3 aromatic heterocycles. The fourth-order valence-electron chi connectivity index (χ4n) is 4.78. The molecule has 0 aliphatic carbocycles. The van der Waals surface area contributed by atoms with Crippen LogP contribution in [-0.4, -0.2) is 37.6 Å². The van der Waals surface area contributed by atoms with Crippen molar-refractivity contribution < 1.29 is 13.5 Å². The number of fused-ring (bicyclic) bond motifs is 2. The maximum Gasteiger partial charge on any atom is 0.297 e. The highest BCUT2D eigenvalue weighted by Crippen LogP contribution is 2.54. The molecule has 0 unspecified atom stereocenters. The molecule has 0 amide bonds. The zero-order valence-electron chi connectivity index (χ0n) is 18.4. The van der Waals surface area contributed by atoms with Crippen molar-refractivity contribution in [1.29, 1.82) is 0 Å². The number of halogens is 3. The predicted molar refractivity (Wildman–Crippen MR) is 121 cm³/mol. The van der Waals surface area contributed by atoms with Crippen molar-refractivity contribution in [3.05, 3.63) is 56.5 Å². The van der Waals surface area contributed by atoms with Crippen molar-refractivity contribution in [2.24, 2.45) is 0 Å². The van der Waals surface area contributed by atoms with E-state index in [-0.39, 0.29) is 17.6 Å². The number of nitrogens with zero attached hydrogens (tertiary/aromatic N) is 5. The molecule has 33 heavy (non-hydrogen) atoms. The summed E-state index contributed by atoms with van der Waals surface area (Å²) < 4.78 is 37.1. The van der Waals surface area contributed by atoms with E-state index in [1.807, 2.05) is 37.1 Å². The van der Waals surface area contributed by atoms with E-state index in [1.54, 1.807) is 0 Å². The minimum atomic E-state index is -3.03. The van der Waals surface area contributed by atoms with Crippen LogP contribution in [0.5, 0.6) is 0 Å². The third-order valence-electron chi connectivity index (χ3n) is 6.30. The lowest BCUT2D eigenvalue weighted by atomic mass is 9.78. The van der Waals surface area contributed by atoms with Crippen LogP contribution in [0.1, 0.15) is 59.8 Å². The Balaban J connectivity index is 1.30. The largest absolute Gasteiger partial charge is 0.363 e. The van der Waals surface area contributed by atoms with Crippen LogP contribution in [0.15, 0.2) is 24.7 Å². The SMILES string of the molecule is Cc1ncc(CCCn2cc([C@@H]3C[C@]4(C[C@H](C)N3)OCC(F)(F)c3cc(Cl)sc34)nn2)cn1. The Hall–Kier alpha value is -2.01. The van der Waals surface area contributed by atoms with Gasteiger partial charge in [-0.15, -0.1) is 16.4 Å². The van der Waals surface area contributed by atoms with Crippen LogP contribution < -0.4 is 5.32 Å². The Bertz CT molecular complexity index is 1140. The van der Waals surface area contributed by atoms with E-state index < -0.39 is 18.1 Å². The highest BCUT2D eigenvalue weighted by Gasteiger charge is 2.53. The maximum absolute atomic E-state index is 14.5. The minimum Gasteiger partial charge on any atom is -0.363 e. The number of alkyl halides is 2. The smallest absolute Gasteiger partial charge is 0.297 e. The third kappa shape index (κ3) is 4.53. The molecular weight excluding hydrogens is 470 g/mol. The topological polar surface area (TPSA) is 77.8 Å². The fourth-order valence-corrected chi connectivity index (χ4v) is 6.22. The van der Waals surface area contributed by atoms with E-state index in [0.29, 0.717) is 28.6 Å². The van der Waals surface area contributed by atoms with Crippen LogP contribution in [0.25, 0.3) is 0 Å². The molecule has 5 rings (SSSR count). The van der Waals surface area contributed by atoms with Crippen LogP contribution in [0.2, 0.25) is 4.34 Å². The van der Waals surface area contributed by atoms with E-state index in [9.17, 15) is 8.78 Å². The average molecular weight is 495 g/mol. The first-order chi connectivity index (χ1) is 15.7. The predicted octanol–water partition coefficient (Wildman–Crippen LogP) is 4.55. The maximum atomic E-state index is 14.5. The van der Waals surface area contributed by atoms with Gasteiger partial charge in [-0.05, 0) is 44.7 Å². The summed E-state index contributed by atoms with van der Waals surface area (Å²) in [5.41, 5.74) is 1.06. The number of aromatic nitrogens is 5. The number of hydrogen-bond acceptors (Lipinski definition) is 7. The molecule has 176 valence electrons. The van der Waals surface area contributed by atoms with Gasteiger partial charge in [-0.25, -0.2) is 9.97 Å². The molecule has 0 radical (unpaired) electrons. The molecule has 5 heterocycles. The lowest BCUT2D eigenvalue weighted by Gasteiger charge is -2.47. The highest BCUT2D eigenvalue weighted by molar-refractivity contribution is 7.16. The summed E-state index contributed by atoms with van der Waals surface area (Å²) in [6, 6.07) is 1.28. The standard InChI is InChI=1S/C22H25ClF2N6OS/c1-13-7-21(20-16(6-19(23)33-20)22(24,25)12-32-21)8-17(28-13)18-11-31(30-29-18)5-3-4-15-9-26-14(2)27-10-15/h6,9-11,13,17,28H,3-5,7-8,12H2,1-2H3/t13-,17-,21-/m0/s1. The zero-order chi connectivity index (χ0) is 23.2. The van der Waals surface area contributed by atoms with Crippen LogP contribution in [0.3, 0.4) is 0 Å². The van der Waals surface area contributed by atoms with Crippen molar-refractivity contribution in [3.8, 4) is 0 Å². The molecule has 7 nitrogen and oxygen atoms in total. The highest BCUT2D eigenvalue weighted by atomic mass is 35.5. The van der Waals surface area contributed by atoms with Gasteiger partial charge in [0.2, 0.25) is 0 Å². The summed E-state index contributed by atoms with van der Waals surface area (Å²) in [6.07, 6.45) is 8.44. The summed E-state index contributed by atoms with van der Waals surface area (Å²) in [5, 5.41) is 12.2. The number of thiophene rings is 1. The van der Waals surface area contributed by atoms with Crippen LogP contribution in [0.4, 0.5) is 8.78 Å². The number of nitrogens with one attached hydrogen (secondary N) is 1. The van der Waals surface area contributed by atoms with Gasteiger partial charge in [-0.2, -0.15) is 8.78 Å². The van der Waals surface area contributed by atoms with Gasteiger partial charge in [-0.3, -0.25) is 4.68 Å². The second-order valence-corrected chi connectivity index (χ2v) is 10.6. The quantitative estimate of drug-likeness (QED) is 0.560. The molecule has 0 saturated carbocycles. The molecule has 2 aliphatic heterocycles. The lowest BCUT2D eigenvalue weighted by Crippen LogP contribution is -2.51. The first kappa shape index (κ1) is 22.8. The van der Waals surface area contributed by atoms with E-state index in [0.717, 1.165) is 29.9 Å². The molecule has 3 atom stereocenters. The molecule has 1 spiro atoms. The van der Waals surface area contributed by atoms with Gasteiger partial charge in [0, 0.05) is 41.8 Å². The summed E-state index contributed by atoms with van der Waals surface area (Å²) >= 11 is 7.35. The molecule has 1 N–H and O–H groups in total. The first-order valence-corrected chi connectivity index (χ1v) is 12.2. The Morgan fingerprint density at radius 2 is 2.09 bits per heavy atom. The van der Waals surface area contributed by atoms with Gasteiger partial charge < -0.3 is 10.1 Å². The number of piperidine rings is 1.